The number of rotatable bonds is 2. The van der Waals surface area contributed by atoms with Gasteiger partial charge in [0.05, 0.1) is 21.3 Å². The Kier molecular flexibility index (Phi) is 4.25. The van der Waals surface area contributed by atoms with Gasteiger partial charge in [0.1, 0.15) is 0 Å². The van der Waals surface area contributed by atoms with Gasteiger partial charge in [-0.05, 0) is 42.6 Å². The Labute approximate surface area is 163 Å². The predicted molar refractivity (Wildman–Crippen MR) is 109 cm³/mol. The van der Waals surface area contributed by atoms with Gasteiger partial charge in [-0.15, -0.1) is 11.3 Å². The summed E-state index contributed by atoms with van der Waals surface area (Å²) in [6.45, 7) is 0. The molecule has 3 aromatic rings. The SMILES string of the molecule is Oc1c(C=C2C=Nc3ccccc32)sc(=S)n1-c1ccc(Cl)cc1Cl. The summed E-state index contributed by atoms with van der Waals surface area (Å²) in [6.07, 6.45) is 3.66. The van der Waals surface area contributed by atoms with E-state index in [2.05, 4.69) is 4.99 Å². The van der Waals surface area contributed by atoms with E-state index in [0.717, 1.165) is 16.8 Å². The van der Waals surface area contributed by atoms with Crippen LogP contribution in [0, 0.1) is 3.95 Å². The van der Waals surface area contributed by atoms with Crippen LogP contribution in [-0.4, -0.2) is 15.9 Å². The van der Waals surface area contributed by atoms with E-state index in [0.29, 0.717) is 24.6 Å². The van der Waals surface area contributed by atoms with Gasteiger partial charge in [0.25, 0.3) is 0 Å². The van der Waals surface area contributed by atoms with Crippen molar-refractivity contribution in [2.24, 2.45) is 4.99 Å². The first-order valence-corrected chi connectivity index (χ1v) is 9.28. The maximum absolute atomic E-state index is 10.7. The lowest BCUT2D eigenvalue weighted by Crippen LogP contribution is -1.94. The predicted octanol–water partition coefficient (Wildman–Crippen LogP) is 6.54. The van der Waals surface area contributed by atoms with Gasteiger partial charge in [0.15, 0.2) is 3.95 Å². The van der Waals surface area contributed by atoms with Gasteiger partial charge < -0.3 is 5.11 Å². The van der Waals surface area contributed by atoms with Gasteiger partial charge in [-0.2, -0.15) is 0 Å². The number of allylic oxidation sites excluding steroid dienone is 1. The lowest BCUT2D eigenvalue weighted by atomic mass is 10.1. The van der Waals surface area contributed by atoms with Crippen LogP contribution in [0.5, 0.6) is 5.88 Å². The standard InChI is InChI=1S/C18H10Cl2N2OS2/c19-11-5-6-15(13(20)8-11)22-17(23)16(25-18(22)24)7-10-9-21-14-4-2-1-3-12(10)14/h1-9,23H. The normalized spacial score (nSPS) is 14.2. The van der Waals surface area contributed by atoms with E-state index >= 15 is 0 Å². The van der Waals surface area contributed by atoms with Gasteiger partial charge in [-0.1, -0.05) is 41.4 Å². The lowest BCUT2D eigenvalue weighted by Gasteiger charge is -2.07. The van der Waals surface area contributed by atoms with Gasteiger partial charge >= 0.3 is 0 Å². The summed E-state index contributed by atoms with van der Waals surface area (Å²) in [4.78, 5) is 5.03. The monoisotopic (exact) mass is 404 g/mol. The average Bonchev–Trinajstić information content (AvgIpc) is 3.11. The second-order valence-corrected chi connectivity index (χ2v) is 7.88. The Morgan fingerprint density at radius 3 is 2.76 bits per heavy atom. The Hall–Kier alpha value is -1.92. The molecule has 2 aromatic carbocycles. The third-order valence-electron chi connectivity index (χ3n) is 3.81. The molecular formula is C18H10Cl2N2OS2. The number of thiazole rings is 1. The maximum atomic E-state index is 10.7. The molecule has 0 atom stereocenters. The van der Waals surface area contributed by atoms with E-state index in [4.69, 9.17) is 35.4 Å². The van der Waals surface area contributed by atoms with Crippen molar-refractivity contribution >= 4 is 70.3 Å². The third-order valence-corrected chi connectivity index (χ3v) is 5.65. The first-order chi connectivity index (χ1) is 12.0. The molecule has 1 aliphatic rings. The van der Waals surface area contributed by atoms with Crippen molar-refractivity contribution in [2.45, 2.75) is 0 Å². The fraction of sp³-hybridized carbons (Fsp3) is 0. The van der Waals surface area contributed by atoms with Gasteiger partial charge in [0, 0.05) is 22.4 Å². The summed E-state index contributed by atoms with van der Waals surface area (Å²) in [5, 5.41) is 11.6. The number of halogens is 2. The van der Waals surface area contributed by atoms with E-state index in [1.165, 1.54) is 11.3 Å². The molecule has 3 nitrogen and oxygen atoms in total. The number of aromatic hydroxyl groups is 1. The van der Waals surface area contributed by atoms with Crippen molar-refractivity contribution in [3.8, 4) is 11.6 Å². The van der Waals surface area contributed by atoms with Crippen molar-refractivity contribution in [3.63, 3.8) is 0 Å². The fourth-order valence-electron chi connectivity index (χ4n) is 2.65. The highest BCUT2D eigenvalue weighted by Gasteiger charge is 2.17. The quantitative estimate of drug-likeness (QED) is 0.492. The average molecular weight is 405 g/mol. The largest absolute Gasteiger partial charge is 0.493 e. The number of aliphatic imine (C=N–C) groups is 1. The number of aromatic nitrogens is 1. The molecule has 124 valence electrons. The molecule has 1 aliphatic heterocycles. The van der Waals surface area contributed by atoms with Crippen molar-refractivity contribution < 1.29 is 5.11 Å². The van der Waals surface area contributed by atoms with E-state index in [9.17, 15) is 5.11 Å². The second-order valence-electron chi connectivity index (χ2n) is 5.36. The molecule has 0 unspecified atom stereocenters. The van der Waals surface area contributed by atoms with Crippen molar-refractivity contribution in [1.82, 2.24) is 4.57 Å². The minimum Gasteiger partial charge on any atom is -0.493 e. The van der Waals surface area contributed by atoms with Crippen LogP contribution >= 0.6 is 46.8 Å². The minimum absolute atomic E-state index is 0.0458. The van der Waals surface area contributed by atoms with Crippen LogP contribution in [0.15, 0.2) is 47.5 Å². The van der Waals surface area contributed by atoms with Gasteiger partial charge in [0.2, 0.25) is 5.88 Å². The molecule has 1 aromatic heterocycles. The molecule has 2 heterocycles. The van der Waals surface area contributed by atoms with E-state index in [1.54, 1.807) is 29.0 Å². The Morgan fingerprint density at radius 2 is 1.96 bits per heavy atom. The van der Waals surface area contributed by atoms with Crippen molar-refractivity contribution in [2.75, 3.05) is 0 Å². The van der Waals surface area contributed by atoms with Crippen LogP contribution in [0.1, 0.15) is 10.4 Å². The highest BCUT2D eigenvalue weighted by Crippen LogP contribution is 2.38. The Bertz CT molecular complexity index is 1110. The highest BCUT2D eigenvalue weighted by atomic mass is 35.5. The zero-order valence-electron chi connectivity index (χ0n) is 12.6. The summed E-state index contributed by atoms with van der Waals surface area (Å²) in [5.41, 5.74) is 3.46. The zero-order chi connectivity index (χ0) is 17.6. The summed E-state index contributed by atoms with van der Waals surface area (Å²) in [6, 6.07) is 12.9. The summed E-state index contributed by atoms with van der Waals surface area (Å²) in [5.74, 6) is 0.0458. The number of hydrogen-bond acceptors (Lipinski definition) is 4. The molecule has 7 heteroatoms. The van der Waals surface area contributed by atoms with E-state index < -0.39 is 0 Å². The molecule has 0 fully saturated rings. The molecule has 0 radical (unpaired) electrons. The molecular weight excluding hydrogens is 395 g/mol. The fourth-order valence-corrected chi connectivity index (χ4v) is 4.43. The third kappa shape index (κ3) is 2.93. The number of fused-ring (bicyclic) bond motifs is 1. The molecule has 0 aliphatic carbocycles. The van der Waals surface area contributed by atoms with E-state index in [-0.39, 0.29) is 5.88 Å². The summed E-state index contributed by atoms with van der Waals surface area (Å²) >= 11 is 18.9. The molecule has 0 saturated heterocycles. The summed E-state index contributed by atoms with van der Waals surface area (Å²) in [7, 11) is 0. The van der Waals surface area contributed by atoms with Crippen LogP contribution in [0.3, 0.4) is 0 Å². The summed E-state index contributed by atoms with van der Waals surface area (Å²) < 4.78 is 2.04. The molecule has 25 heavy (non-hydrogen) atoms. The van der Waals surface area contributed by atoms with Crippen molar-refractivity contribution in [1.29, 1.82) is 0 Å². The van der Waals surface area contributed by atoms with Gasteiger partial charge in [-0.25, -0.2) is 0 Å². The van der Waals surface area contributed by atoms with Crippen LogP contribution in [-0.2, 0) is 0 Å². The lowest BCUT2D eigenvalue weighted by molar-refractivity contribution is 0.441. The number of nitrogens with zero attached hydrogens (tertiary/aromatic N) is 2. The highest BCUT2D eigenvalue weighted by molar-refractivity contribution is 7.73. The smallest absolute Gasteiger partial charge is 0.215 e. The minimum atomic E-state index is 0.0458. The van der Waals surface area contributed by atoms with Crippen LogP contribution in [0.4, 0.5) is 5.69 Å². The Morgan fingerprint density at radius 1 is 1.16 bits per heavy atom. The second kappa shape index (κ2) is 6.42. The molecule has 0 saturated carbocycles. The maximum Gasteiger partial charge on any atom is 0.215 e. The number of hydrogen-bond donors (Lipinski definition) is 1. The molecule has 0 bridgehead atoms. The Balaban J connectivity index is 1.83. The topological polar surface area (TPSA) is 37.5 Å². The first kappa shape index (κ1) is 16.5. The van der Waals surface area contributed by atoms with Crippen LogP contribution in [0.2, 0.25) is 10.0 Å². The van der Waals surface area contributed by atoms with Crippen molar-refractivity contribution in [3.05, 3.63) is 66.9 Å². The van der Waals surface area contributed by atoms with Gasteiger partial charge in [-0.3, -0.25) is 9.56 Å². The molecule has 0 spiro atoms. The zero-order valence-corrected chi connectivity index (χ0v) is 15.8. The number of para-hydroxylation sites is 1. The molecule has 4 rings (SSSR count). The van der Waals surface area contributed by atoms with Crippen LogP contribution < -0.4 is 0 Å². The molecule has 0 amide bonds. The first-order valence-electron chi connectivity index (χ1n) is 7.30. The van der Waals surface area contributed by atoms with E-state index in [1.807, 2.05) is 30.3 Å². The molecule has 1 N–H and O–H groups in total. The van der Waals surface area contributed by atoms with Crippen LogP contribution in [0.25, 0.3) is 17.3 Å². The number of benzene rings is 2.